The van der Waals surface area contributed by atoms with Crippen molar-refractivity contribution in [3.63, 3.8) is 0 Å². The Balaban J connectivity index is 2.81. The standard InChI is InChI=1S/C19H33NO/c1-4-7-9-15-20(16-10-8-5-2)18-14-11-13-17(12-6-3)19(18)21/h11,13-14,21H,4-10,12,15-16H2,1-3H3. The van der Waals surface area contributed by atoms with Crippen LogP contribution in [0, 0.1) is 0 Å². The molecule has 1 N–H and O–H groups in total. The van der Waals surface area contributed by atoms with Crippen LogP contribution >= 0.6 is 0 Å². The van der Waals surface area contributed by atoms with Crippen molar-refractivity contribution in [3.05, 3.63) is 23.8 Å². The minimum Gasteiger partial charge on any atom is -0.505 e. The number of hydrogen-bond acceptors (Lipinski definition) is 2. The van der Waals surface area contributed by atoms with Gasteiger partial charge in [-0.2, -0.15) is 0 Å². The second-order valence-corrected chi connectivity index (χ2v) is 5.94. The Bertz CT molecular complexity index is 379. The third-order valence-electron chi connectivity index (χ3n) is 4.02. The maximum Gasteiger partial charge on any atom is 0.142 e. The van der Waals surface area contributed by atoms with Crippen LogP contribution in [0.1, 0.15) is 71.3 Å². The molecule has 1 aromatic carbocycles. The lowest BCUT2D eigenvalue weighted by molar-refractivity contribution is 0.465. The van der Waals surface area contributed by atoms with Gasteiger partial charge in [-0.25, -0.2) is 0 Å². The van der Waals surface area contributed by atoms with Gasteiger partial charge in [0.25, 0.3) is 0 Å². The Labute approximate surface area is 131 Å². The van der Waals surface area contributed by atoms with Crippen molar-refractivity contribution in [1.29, 1.82) is 0 Å². The smallest absolute Gasteiger partial charge is 0.142 e. The van der Waals surface area contributed by atoms with Gasteiger partial charge in [0, 0.05) is 13.1 Å². The molecule has 0 atom stereocenters. The van der Waals surface area contributed by atoms with Crippen LogP contribution in [0.15, 0.2) is 18.2 Å². The van der Waals surface area contributed by atoms with E-state index in [9.17, 15) is 5.11 Å². The van der Waals surface area contributed by atoms with E-state index in [0.29, 0.717) is 5.75 Å². The number of hydrogen-bond donors (Lipinski definition) is 1. The summed E-state index contributed by atoms with van der Waals surface area (Å²) in [7, 11) is 0. The van der Waals surface area contributed by atoms with Crippen LogP contribution in [-0.4, -0.2) is 18.2 Å². The SMILES string of the molecule is CCCCCN(CCCCC)c1cccc(CCC)c1O. The predicted octanol–water partition coefficient (Wildman–Crippen LogP) is 5.53. The molecule has 0 spiro atoms. The second-order valence-electron chi connectivity index (χ2n) is 5.94. The summed E-state index contributed by atoms with van der Waals surface area (Å²) >= 11 is 0. The lowest BCUT2D eigenvalue weighted by Crippen LogP contribution is -2.26. The molecule has 0 aliphatic rings. The molecule has 2 heteroatoms. The number of aromatic hydroxyl groups is 1. The quantitative estimate of drug-likeness (QED) is 0.542. The van der Waals surface area contributed by atoms with Gasteiger partial charge in [0.2, 0.25) is 0 Å². The maximum absolute atomic E-state index is 10.6. The van der Waals surface area contributed by atoms with E-state index in [4.69, 9.17) is 0 Å². The van der Waals surface area contributed by atoms with Crippen LogP contribution in [0.2, 0.25) is 0 Å². The molecule has 0 amide bonds. The molecule has 21 heavy (non-hydrogen) atoms. The van der Waals surface area contributed by atoms with Gasteiger partial charge in [-0.05, 0) is 30.9 Å². The van der Waals surface area contributed by atoms with Crippen LogP contribution in [-0.2, 0) is 6.42 Å². The van der Waals surface area contributed by atoms with E-state index >= 15 is 0 Å². The number of aryl methyl sites for hydroxylation is 1. The van der Waals surface area contributed by atoms with Gasteiger partial charge in [0.05, 0.1) is 5.69 Å². The van der Waals surface area contributed by atoms with Crippen LogP contribution < -0.4 is 4.90 Å². The highest BCUT2D eigenvalue weighted by atomic mass is 16.3. The van der Waals surface area contributed by atoms with Gasteiger partial charge in [-0.15, -0.1) is 0 Å². The van der Waals surface area contributed by atoms with Crippen molar-refractivity contribution in [1.82, 2.24) is 0 Å². The van der Waals surface area contributed by atoms with E-state index in [1.807, 2.05) is 0 Å². The van der Waals surface area contributed by atoms with Gasteiger partial charge in [0.15, 0.2) is 0 Å². The summed E-state index contributed by atoms with van der Waals surface area (Å²) in [5.74, 6) is 0.507. The second kappa shape index (κ2) is 10.5. The first-order valence-corrected chi connectivity index (χ1v) is 8.80. The van der Waals surface area contributed by atoms with Crippen molar-refractivity contribution in [3.8, 4) is 5.75 Å². The van der Waals surface area contributed by atoms with E-state index in [1.54, 1.807) is 0 Å². The first kappa shape index (κ1) is 17.9. The molecule has 1 aromatic rings. The van der Waals surface area contributed by atoms with Crippen molar-refractivity contribution < 1.29 is 5.11 Å². The normalized spacial score (nSPS) is 10.8. The fraction of sp³-hybridized carbons (Fsp3) is 0.684. The van der Waals surface area contributed by atoms with Crippen LogP contribution in [0.4, 0.5) is 5.69 Å². The highest BCUT2D eigenvalue weighted by Crippen LogP contribution is 2.32. The molecule has 0 saturated heterocycles. The molecule has 0 fully saturated rings. The summed E-state index contributed by atoms with van der Waals surface area (Å²) in [6.07, 6.45) is 9.45. The number of anilines is 1. The Morgan fingerprint density at radius 1 is 0.857 bits per heavy atom. The summed E-state index contributed by atoms with van der Waals surface area (Å²) in [5, 5.41) is 10.6. The zero-order chi connectivity index (χ0) is 15.5. The molecule has 0 radical (unpaired) electrons. The minimum absolute atomic E-state index is 0.507. The predicted molar refractivity (Wildman–Crippen MR) is 93.4 cm³/mol. The zero-order valence-electron chi connectivity index (χ0n) is 14.2. The number of nitrogens with zero attached hydrogens (tertiary/aromatic N) is 1. The average molecular weight is 291 g/mol. The molecule has 0 unspecified atom stereocenters. The van der Waals surface area contributed by atoms with E-state index in [0.717, 1.165) is 37.2 Å². The molecule has 0 aliphatic heterocycles. The number of para-hydroxylation sites is 1. The first-order chi connectivity index (χ1) is 10.2. The highest BCUT2D eigenvalue weighted by Gasteiger charge is 2.13. The van der Waals surface area contributed by atoms with Crippen LogP contribution in [0.3, 0.4) is 0 Å². The van der Waals surface area contributed by atoms with Crippen molar-refractivity contribution in [2.24, 2.45) is 0 Å². The largest absolute Gasteiger partial charge is 0.505 e. The van der Waals surface area contributed by atoms with Crippen LogP contribution in [0.25, 0.3) is 0 Å². The van der Waals surface area contributed by atoms with Crippen LogP contribution in [0.5, 0.6) is 5.75 Å². The van der Waals surface area contributed by atoms with Crippen molar-refractivity contribution >= 4 is 5.69 Å². The lowest BCUT2D eigenvalue weighted by atomic mass is 10.1. The Morgan fingerprint density at radius 3 is 2.00 bits per heavy atom. The average Bonchev–Trinajstić information content (AvgIpc) is 2.49. The third kappa shape index (κ3) is 5.99. The summed E-state index contributed by atoms with van der Waals surface area (Å²) < 4.78 is 0. The fourth-order valence-electron chi connectivity index (χ4n) is 2.76. The molecule has 120 valence electrons. The van der Waals surface area contributed by atoms with Crippen molar-refractivity contribution in [2.45, 2.75) is 72.1 Å². The van der Waals surface area contributed by atoms with Gasteiger partial charge >= 0.3 is 0 Å². The summed E-state index contributed by atoms with van der Waals surface area (Å²) in [5.41, 5.74) is 2.12. The number of unbranched alkanes of at least 4 members (excludes halogenated alkanes) is 4. The lowest BCUT2D eigenvalue weighted by Gasteiger charge is -2.26. The number of phenols is 1. The fourth-order valence-corrected chi connectivity index (χ4v) is 2.76. The number of benzene rings is 1. The first-order valence-electron chi connectivity index (χ1n) is 8.80. The maximum atomic E-state index is 10.6. The Hall–Kier alpha value is -1.18. The van der Waals surface area contributed by atoms with E-state index in [-0.39, 0.29) is 0 Å². The zero-order valence-corrected chi connectivity index (χ0v) is 14.2. The van der Waals surface area contributed by atoms with Gasteiger partial charge in [-0.3, -0.25) is 0 Å². The summed E-state index contributed by atoms with van der Waals surface area (Å²) in [6.45, 7) is 8.75. The molecular weight excluding hydrogens is 258 g/mol. The number of phenolic OH excluding ortho intramolecular Hbond substituents is 1. The Kier molecular flexibility index (Phi) is 8.96. The van der Waals surface area contributed by atoms with E-state index in [2.05, 4.69) is 43.9 Å². The Morgan fingerprint density at radius 2 is 1.48 bits per heavy atom. The molecule has 1 rings (SSSR count). The summed E-state index contributed by atoms with van der Waals surface area (Å²) in [6, 6.07) is 6.22. The van der Waals surface area contributed by atoms with Gasteiger partial charge < -0.3 is 10.0 Å². The van der Waals surface area contributed by atoms with E-state index < -0.39 is 0 Å². The highest BCUT2D eigenvalue weighted by molar-refractivity contribution is 5.61. The topological polar surface area (TPSA) is 23.5 Å². The molecular formula is C19H33NO. The molecule has 0 heterocycles. The third-order valence-corrected chi connectivity index (χ3v) is 4.02. The molecule has 2 nitrogen and oxygen atoms in total. The molecule has 0 bridgehead atoms. The van der Waals surface area contributed by atoms with Crippen molar-refractivity contribution in [2.75, 3.05) is 18.0 Å². The van der Waals surface area contributed by atoms with Gasteiger partial charge in [0.1, 0.15) is 5.75 Å². The van der Waals surface area contributed by atoms with Gasteiger partial charge in [-0.1, -0.05) is 65.0 Å². The monoisotopic (exact) mass is 291 g/mol. The van der Waals surface area contributed by atoms with E-state index in [1.165, 1.54) is 38.5 Å². The molecule has 0 aromatic heterocycles. The molecule has 0 aliphatic carbocycles. The number of rotatable bonds is 11. The summed E-state index contributed by atoms with van der Waals surface area (Å²) in [4.78, 5) is 2.39. The minimum atomic E-state index is 0.507. The molecule has 0 saturated carbocycles.